The molecular weight excluding hydrogens is 336 g/mol. The predicted octanol–water partition coefficient (Wildman–Crippen LogP) is 5.24. The quantitative estimate of drug-likeness (QED) is 0.656. The third-order valence-electron chi connectivity index (χ3n) is 3.67. The normalized spacial score (nSPS) is 10.4. The van der Waals surface area contributed by atoms with Gasteiger partial charge in [0.05, 0.1) is 17.8 Å². The molecule has 0 aliphatic carbocycles. The smallest absolute Gasteiger partial charge is 0.229 e. The molecule has 3 aromatic rings. The number of halogens is 1. The lowest BCUT2D eigenvalue weighted by Crippen LogP contribution is -2.02. The van der Waals surface area contributed by atoms with E-state index in [1.165, 1.54) is 0 Å². The minimum atomic E-state index is 0.485. The number of hydrogen-bond donors (Lipinski definition) is 2. The molecule has 3 rings (SSSR count). The predicted molar refractivity (Wildman–Crippen MR) is 103 cm³/mol. The fourth-order valence-corrected chi connectivity index (χ4v) is 2.89. The van der Waals surface area contributed by atoms with Crippen molar-refractivity contribution in [3.05, 3.63) is 64.8 Å². The van der Waals surface area contributed by atoms with Crippen molar-refractivity contribution in [2.45, 2.75) is 13.8 Å². The van der Waals surface area contributed by atoms with E-state index in [2.05, 4.69) is 26.7 Å². The Labute approximate surface area is 152 Å². The van der Waals surface area contributed by atoms with E-state index in [-0.39, 0.29) is 0 Å². The highest BCUT2D eigenvalue weighted by Crippen LogP contribution is 2.30. The molecule has 6 heteroatoms. The second-order valence-corrected chi connectivity index (χ2v) is 6.09. The van der Waals surface area contributed by atoms with Crippen LogP contribution in [-0.4, -0.2) is 17.1 Å². The zero-order chi connectivity index (χ0) is 17.8. The minimum absolute atomic E-state index is 0.485. The first kappa shape index (κ1) is 17.0. The summed E-state index contributed by atoms with van der Waals surface area (Å²) in [6.07, 6.45) is 1.69. The maximum Gasteiger partial charge on any atom is 0.229 e. The molecule has 128 valence electrons. The first-order valence-electron chi connectivity index (χ1n) is 7.83. The summed E-state index contributed by atoms with van der Waals surface area (Å²) in [5.41, 5.74) is 3.88. The van der Waals surface area contributed by atoms with E-state index in [1.807, 2.05) is 44.2 Å². The van der Waals surface area contributed by atoms with Crippen molar-refractivity contribution in [3.63, 3.8) is 0 Å². The van der Waals surface area contributed by atoms with Gasteiger partial charge in [0.15, 0.2) is 0 Å². The van der Waals surface area contributed by atoms with Gasteiger partial charge in [-0.3, -0.25) is 0 Å². The lowest BCUT2D eigenvalue weighted by atomic mass is 10.1. The maximum absolute atomic E-state index is 6.35. The maximum atomic E-state index is 6.35. The van der Waals surface area contributed by atoms with E-state index < -0.39 is 0 Å². The molecule has 0 atom stereocenters. The Morgan fingerprint density at radius 3 is 2.64 bits per heavy atom. The van der Waals surface area contributed by atoms with Crippen molar-refractivity contribution >= 4 is 34.7 Å². The van der Waals surface area contributed by atoms with Gasteiger partial charge in [-0.15, -0.1) is 0 Å². The van der Waals surface area contributed by atoms with Crippen LogP contribution in [0.15, 0.2) is 48.7 Å². The molecule has 1 aromatic heterocycles. The average Bonchev–Trinajstić information content (AvgIpc) is 2.58. The van der Waals surface area contributed by atoms with Crippen LogP contribution in [0.25, 0.3) is 0 Å². The van der Waals surface area contributed by atoms with Crippen molar-refractivity contribution < 1.29 is 4.74 Å². The molecular formula is C19H19ClN4O. The van der Waals surface area contributed by atoms with Gasteiger partial charge in [-0.05, 0) is 49.2 Å². The van der Waals surface area contributed by atoms with E-state index in [9.17, 15) is 0 Å². The second kappa shape index (κ2) is 7.40. The highest BCUT2D eigenvalue weighted by Gasteiger charge is 2.08. The molecule has 0 saturated heterocycles. The van der Waals surface area contributed by atoms with Crippen LogP contribution in [0.3, 0.4) is 0 Å². The number of methoxy groups -OCH3 is 1. The Bertz CT molecular complexity index is 875. The Morgan fingerprint density at radius 1 is 1.04 bits per heavy atom. The van der Waals surface area contributed by atoms with Gasteiger partial charge in [0, 0.05) is 18.0 Å². The molecule has 0 spiro atoms. The van der Waals surface area contributed by atoms with E-state index in [1.54, 1.807) is 19.4 Å². The first-order chi connectivity index (χ1) is 12.0. The van der Waals surface area contributed by atoms with Crippen LogP contribution in [0.4, 0.5) is 23.1 Å². The van der Waals surface area contributed by atoms with Gasteiger partial charge in [-0.2, -0.15) is 4.98 Å². The Kier molecular flexibility index (Phi) is 5.05. The molecule has 0 radical (unpaired) electrons. The molecule has 0 unspecified atom stereocenters. The fourth-order valence-electron chi connectivity index (χ4n) is 2.52. The van der Waals surface area contributed by atoms with Crippen LogP contribution in [0.5, 0.6) is 5.75 Å². The van der Waals surface area contributed by atoms with Gasteiger partial charge in [0.2, 0.25) is 5.95 Å². The van der Waals surface area contributed by atoms with Crippen molar-refractivity contribution in [2.75, 3.05) is 17.7 Å². The molecule has 0 aliphatic heterocycles. The summed E-state index contributed by atoms with van der Waals surface area (Å²) in [7, 11) is 1.63. The molecule has 0 saturated carbocycles. The summed E-state index contributed by atoms with van der Waals surface area (Å²) in [6, 6.07) is 13.4. The topological polar surface area (TPSA) is 59.1 Å². The fraction of sp³-hybridized carbons (Fsp3) is 0.158. The number of aryl methyl sites for hydroxylation is 2. The van der Waals surface area contributed by atoms with Crippen LogP contribution in [0, 0.1) is 13.8 Å². The standard InChI is InChI=1S/C19H19ClN4O/c1-12-9-13(2)18(16(20)10-12)23-17-7-8-21-19(24-17)22-14-5-4-6-15(11-14)25-3/h4-11H,1-3H3,(H2,21,22,23,24). The Morgan fingerprint density at radius 2 is 1.88 bits per heavy atom. The van der Waals surface area contributed by atoms with Crippen molar-refractivity contribution in [1.29, 1.82) is 0 Å². The Balaban J connectivity index is 1.82. The number of benzene rings is 2. The largest absolute Gasteiger partial charge is 0.497 e. The summed E-state index contributed by atoms with van der Waals surface area (Å²) in [5, 5.41) is 7.10. The van der Waals surface area contributed by atoms with Crippen molar-refractivity contribution in [1.82, 2.24) is 9.97 Å². The average molecular weight is 355 g/mol. The van der Waals surface area contributed by atoms with E-state index in [4.69, 9.17) is 16.3 Å². The summed E-state index contributed by atoms with van der Waals surface area (Å²) < 4.78 is 5.22. The molecule has 25 heavy (non-hydrogen) atoms. The number of nitrogens with one attached hydrogen (secondary N) is 2. The number of anilines is 4. The second-order valence-electron chi connectivity index (χ2n) is 5.69. The third kappa shape index (κ3) is 4.19. The molecule has 0 aliphatic rings. The highest BCUT2D eigenvalue weighted by atomic mass is 35.5. The van der Waals surface area contributed by atoms with Gasteiger partial charge in [0.25, 0.3) is 0 Å². The van der Waals surface area contributed by atoms with Gasteiger partial charge in [-0.1, -0.05) is 23.7 Å². The van der Waals surface area contributed by atoms with Gasteiger partial charge >= 0.3 is 0 Å². The zero-order valence-electron chi connectivity index (χ0n) is 14.3. The number of ether oxygens (including phenoxy) is 1. The van der Waals surface area contributed by atoms with Gasteiger partial charge < -0.3 is 15.4 Å². The zero-order valence-corrected chi connectivity index (χ0v) is 15.1. The van der Waals surface area contributed by atoms with Crippen LogP contribution < -0.4 is 15.4 Å². The lowest BCUT2D eigenvalue weighted by molar-refractivity contribution is 0.415. The molecule has 0 bridgehead atoms. The van der Waals surface area contributed by atoms with Crippen molar-refractivity contribution in [3.8, 4) is 5.75 Å². The summed E-state index contributed by atoms with van der Waals surface area (Å²) in [4.78, 5) is 8.75. The van der Waals surface area contributed by atoms with E-state index in [0.29, 0.717) is 16.8 Å². The van der Waals surface area contributed by atoms with Gasteiger partial charge in [0.1, 0.15) is 11.6 Å². The summed E-state index contributed by atoms with van der Waals surface area (Å²) >= 11 is 6.35. The molecule has 5 nitrogen and oxygen atoms in total. The minimum Gasteiger partial charge on any atom is -0.497 e. The van der Waals surface area contributed by atoms with Crippen molar-refractivity contribution in [2.24, 2.45) is 0 Å². The number of aromatic nitrogens is 2. The van der Waals surface area contributed by atoms with Crippen LogP contribution >= 0.6 is 11.6 Å². The van der Waals surface area contributed by atoms with Crippen LogP contribution in [-0.2, 0) is 0 Å². The SMILES string of the molecule is COc1cccc(Nc2nccc(Nc3c(C)cc(C)cc3Cl)n2)c1. The highest BCUT2D eigenvalue weighted by molar-refractivity contribution is 6.33. The summed E-state index contributed by atoms with van der Waals surface area (Å²) in [6.45, 7) is 4.03. The number of hydrogen-bond acceptors (Lipinski definition) is 5. The first-order valence-corrected chi connectivity index (χ1v) is 8.21. The monoisotopic (exact) mass is 354 g/mol. The Hall–Kier alpha value is -2.79. The lowest BCUT2D eigenvalue weighted by Gasteiger charge is -2.13. The molecule has 0 amide bonds. The summed E-state index contributed by atoms with van der Waals surface area (Å²) in [5.74, 6) is 1.91. The van der Waals surface area contributed by atoms with E-state index in [0.717, 1.165) is 28.3 Å². The van der Waals surface area contributed by atoms with Crippen LogP contribution in [0.1, 0.15) is 11.1 Å². The number of rotatable bonds is 5. The van der Waals surface area contributed by atoms with Gasteiger partial charge in [-0.25, -0.2) is 4.98 Å². The van der Waals surface area contributed by atoms with E-state index >= 15 is 0 Å². The molecule has 0 fully saturated rings. The molecule has 2 N–H and O–H groups in total. The van der Waals surface area contributed by atoms with Crippen LogP contribution in [0.2, 0.25) is 5.02 Å². The number of nitrogens with zero attached hydrogens (tertiary/aromatic N) is 2. The molecule has 1 heterocycles. The molecule has 2 aromatic carbocycles. The third-order valence-corrected chi connectivity index (χ3v) is 3.96.